The van der Waals surface area contributed by atoms with Crippen LogP contribution in [0.15, 0.2) is 0 Å². The van der Waals surface area contributed by atoms with Crippen LogP contribution in [-0.2, 0) is 0 Å². The van der Waals surface area contributed by atoms with Crippen LogP contribution >= 0.6 is 11.6 Å². The van der Waals surface area contributed by atoms with E-state index in [9.17, 15) is 0 Å². The summed E-state index contributed by atoms with van der Waals surface area (Å²) in [5, 5.41) is 12.5. The van der Waals surface area contributed by atoms with Gasteiger partial charge in [0.2, 0.25) is 17.2 Å². The Morgan fingerprint density at radius 1 is 1.32 bits per heavy atom. The number of nitrogens with one attached hydrogen (secondary N) is 1. The van der Waals surface area contributed by atoms with E-state index in [1.807, 2.05) is 0 Å². The van der Waals surface area contributed by atoms with Gasteiger partial charge in [-0.3, -0.25) is 0 Å². The molecule has 0 aromatic carbocycles. The standard InChI is InChI=1S/C12H20ClN5O/c1-2-5-14-11-15-10(13)16-12(17-11)18-6-3-9(8-19)4-7-18/h9,19H,2-8H2,1H3,(H,14,15,16,17). The van der Waals surface area contributed by atoms with Gasteiger partial charge in [0.25, 0.3) is 0 Å². The van der Waals surface area contributed by atoms with Crippen molar-refractivity contribution in [3.63, 3.8) is 0 Å². The van der Waals surface area contributed by atoms with E-state index in [0.29, 0.717) is 17.8 Å². The molecule has 0 bridgehead atoms. The quantitative estimate of drug-likeness (QED) is 0.855. The normalized spacial score (nSPS) is 16.7. The van der Waals surface area contributed by atoms with Crippen molar-refractivity contribution in [1.29, 1.82) is 0 Å². The van der Waals surface area contributed by atoms with E-state index in [-0.39, 0.29) is 11.9 Å². The van der Waals surface area contributed by atoms with E-state index >= 15 is 0 Å². The van der Waals surface area contributed by atoms with Crippen LogP contribution in [0.2, 0.25) is 5.28 Å². The Hall–Kier alpha value is -1.14. The van der Waals surface area contributed by atoms with E-state index < -0.39 is 0 Å². The van der Waals surface area contributed by atoms with Gasteiger partial charge in [-0.2, -0.15) is 15.0 Å². The van der Waals surface area contributed by atoms with Gasteiger partial charge in [-0.1, -0.05) is 6.92 Å². The Kier molecular flexibility index (Phi) is 5.15. The molecule has 0 saturated carbocycles. The number of hydrogen-bond acceptors (Lipinski definition) is 6. The molecule has 1 aromatic heterocycles. The van der Waals surface area contributed by atoms with Gasteiger partial charge in [0, 0.05) is 26.2 Å². The van der Waals surface area contributed by atoms with Crippen molar-refractivity contribution in [3.8, 4) is 0 Å². The number of aromatic nitrogens is 3. The molecule has 1 fully saturated rings. The van der Waals surface area contributed by atoms with Gasteiger partial charge in [-0.05, 0) is 36.8 Å². The summed E-state index contributed by atoms with van der Waals surface area (Å²) in [5.74, 6) is 1.54. The van der Waals surface area contributed by atoms with Crippen molar-refractivity contribution < 1.29 is 5.11 Å². The summed E-state index contributed by atoms with van der Waals surface area (Å²) in [4.78, 5) is 14.7. The SMILES string of the molecule is CCCNc1nc(Cl)nc(N2CCC(CO)CC2)n1. The zero-order valence-corrected chi connectivity index (χ0v) is 11.9. The monoisotopic (exact) mass is 285 g/mol. The molecule has 1 aliphatic heterocycles. The minimum absolute atomic E-state index is 0.216. The fraction of sp³-hybridized carbons (Fsp3) is 0.750. The highest BCUT2D eigenvalue weighted by Crippen LogP contribution is 2.21. The minimum Gasteiger partial charge on any atom is -0.396 e. The zero-order chi connectivity index (χ0) is 13.7. The molecule has 1 aliphatic rings. The molecule has 19 heavy (non-hydrogen) atoms. The highest BCUT2D eigenvalue weighted by atomic mass is 35.5. The Balaban J connectivity index is 2.05. The maximum atomic E-state index is 9.14. The van der Waals surface area contributed by atoms with Gasteiger partial charge in [0.15, 0.2) is 0 Å². The summed E-state index contributed by atoms with van der Waals surface area (Å²) >= 11 is 5.94. The van der Waals surface area contributed by atoms with Crippen LogP contribution in [-0.4, -0.2) is 46.3 Å². The number of nitrogens with zero attached hydrogens (tertiary/aromatic N) is 4. The smallest absolute Gasteiger partial charge is 0.231 e. The molecule has 0 atom stereocenters. The molecular weight excluding hydrogens is 266 g/mol. The second kappa shape index (κ2) is 6.86. The lowest BCUT2D eigenvalue weighted by Gasteiger charge is -2.31. The van der Waals surface area contributed by atoms with E-state index in [1.165, 1.54) is 0 Å². The molecule has 0 unspecified atom stereocenters. The summed E-state index contributed by atoms with van der Waals surface area (Å²) in [6.07, 6.45) is 2.91. The van der Waals surface area contributed by atoms with E-state index in [1.54, 1.807) is 0 Å². The van der Waals surface area contributed by atoms with Gasteiger partial charge in [0.05, 0.1) is 0 Å². The molecule has 106 valence electrons. The molecule has 0 radical (unpaired) electrons. The third-order valence-corrected chi connectivity index (χ3v) is 3.45. The molecule has 0 aliphatic carbocycles. The van der Waals surface area contributed by atoms with E-state index in [4.69, 9.17) is 16.7 Å². The Morgan fingerprint density at radius 2 is 2.05 bits per heavy atom. The first kappa shape index (κ1) is 14.3. The van der Waals surface area contributed by atoms with Crippen LogP contribution in [0, 0.1) is 5.92 Å². The molecule has 6 nitrogen and oxygen atoms in total. The Labute approximate surface area is 118 Å². The van der Waals surface area contributed by atoms with Gasteiger partial charge >= 0.3 is 0 Å². The average molecular weight is 286 g/mol. The lowest BCUT2D eigenvalue weighted by atomic mass is 9.98. The van der Waals surface area contributed by atoms with Gasteiger partial charge in [0.1, 0.15) is 0 Å². The third kappa shape index (κ3) is 3.91. The molecular formula is C12H20ClN5O. The van der Waals surface area contributed by atoms with Crippen LogP contribution in [0.4, 0.5) is 11.9 Å². The van der Waals surface area contributed by atoms with Crippen molar-refractivity contribution in [2.75, 3.05) is 36.5 Å². The maximum Gasteiger partial charge on any atom is 0.231 e. The Morgan fingerprint density at radius 3 is 2.68 bits per heavy atom. The van der Waals surface area contributed by atoms with Crippen molar-refractivity contribution in [1.82, 2.24) is 15.0 Å². The first-order chi connectivity index (χ1) is 9.22. The van der Waals surface area contributed by atoms with Crippen molar-refractivity contribution >= 4 is 23.5 Å². The second-order valence-electron chi connectivity index (χ2n) is 4.77. The maximum absolute atomic E-state index is 9.14. The summed E-state index contributed by atoms with van der Waals surface area (Å²) in [5.41, 5.74) is 0. The molecule has 0 spiro atoms. The van der Waals surface area contributed by atoms with Crippen LogP contribution in [0.25, 0.3) is 0 Å². The van der Waals surface area contributed by atoms with Crippen molar-refractivity contribution in [2.24, 2.45) is 5.92 Å². The van der Waals surface area contributed by atoms with E-state index in [0.717, 1.165) is 38.9 Å². The first-order valence-corrected chi connectivity index (χ1v) is 7.12. The molecule has 2 N–H and O–H groups in total. The largest absolute Gasteiger partial charge is 0.396 e. The summed E-state index contributed by atoms with van der Waals surface area (Å²) in [6, 6.07) is 0. The number of anilines is 2. The van der Waals surface area contributed by atoms with Gasteiger partial charge in [-0.15, -0.1) is 0 Å². The highest BCUT2D eigenvalue weighted by molar-refractivity contribution is 6.28. The molecule has 2 heterocycles. The fourth-order valence-corrected chi connectivity index (χ4v) is 2.27. The number of halogens is 1. The summed E-state index contributed by atoms with van der Waals surface area (Å²) in [7, 11) is 0. The number of piperidine rings is 1. The number of aliphatic hydroxyl groups is 1. The molecule has 1 saturated heterocycles. The summed E-state index contributed by atoms with van der Waals surface area (Å²) < 4.78 is 0. The van der Waals surface area contributed by atoms with E-state index in [2.05, 4.69) is 32.1 Å². The molecule has 7 heteroatoms. The van der Waals surface area contributed by atoms with Crippen molar-refractivity contribution in [3.05, 3.63) is 5.28 Å². The predicted molar refractivity (Wildman–Crippen MR) is 75.6 cm³/mol. The topological polar surface area (TPSA) is 74.2 Å². The molecule has 2 rings (SSSR count). The van der Waals surface area contributed by atoms with Gasteiger partial charge in [-0.25, -0.2) is 0 Å². The second-order valence-corrected chi connectivity index (χ2v) is 5.11. The number of rotatable bonds is 5. The van der Waals surface area contributed by atoms with Crippen LogP contribution in [0.5, 0.6) is 0 Å². The Bertz CT molecular complexity index is 409. The molecule has 1 aromatic rings. The molecule has 0 amide bonds. The van der Waals surface area contributed by atoms with Crippen LogP contribution in [0.3, 0.4) is 0 Å². The number of aliphatic hydroxyl groups excluding tert-OH is 1. The minimum atomic E-state index is 0.216. The highest BCUT2D eigenvalue weighted by Gasteiger charge is 2.21. The number of hydrogen-bond donors (Lipinski definition) is 2. The lowest BCUT2D eigenvalue weighted by Crippen LogP contribution is -2.36. The summed E-state index contributed by atoms with van der Waals surface area (Å²) in [6.45, 7) is 4.84. The lowest BCUT2D eigenvalue weighted by molar-refractivity contribution is 0.202. The zero-order valence-electron chi connectivity index (χ0n) is 11.1. The average Bonchev–Trinajstić information content (AvgIpc) is 2.44. The fourth-order valence-electron chi connectivity index (χ4n) is 2.11. The third-order valence-electron chi connectivity index (χ3n) is 3.29. The predicted octanol–water partition coefficient (Wildman–Crippen LogP) is 1.56. The first-order valence-electron chi connectivity index (χ1n) is 6.74. The van der Waals surface area contributed by atoms with Gasteiger partial charge < -0.3 is 15.3 Å². The van der Waals surface area contributed by atoms with Crippen LogP contribution < -0.4 is 10.2 Å². The van der Waals surface area contributed by atoms with Crippen molar-refractivity contribution in [2.45, 2.75) is 26.2 Å². The van der Waals surface area contributed by atoms with Crippen LogP contribution in [0.1, 0.15) is 26.2 Å².